The molecular weight excluding hydrogens is 385 g/mol. The number of hydrogen-bond donors (Lipinski definition) is 0. The number of likely N-dealkylation sites (tertiary alicyclic amines) is 1. The van der Waals surface area contributed by atoms with Crippen molar-refractivity contribution < 1.29 is 27.9 Å². The summed E-state index contributed by atoms with van der Waals surface area (Å²) in [5.74, 6) is -0.241. The molecule has 29 heavy (non-hydrogen) atoms. The first-order chi connectivity index (χ1) is 13.9. The van der Waals surface area contributed by atoms with Crippen LogP contribution in [0.1, 0.15) is 18.4 Å². The van der Waals surface area contributed by atoms with Gasteiger partial charge < -0.3 is 14.4 Å². The molecule has 0 saturated carbocycles. The second-order valence-electron chi connectivity index (χ2n) is 6.97. The second-order valence-corrected chi connectivity index (χ2v) is 6.97. The predicted molar refractivity (Wildman–Crippen MR) is 101 cm³/mol. The number of halogens is 3. The molecule has 0 aliphatic carbocycles. The Labute approximate surface area is 166 Å². The van der Waals surface area contributed by atoms with Crippen molar-refractivity contribution in [3.8, 4) is 11.5 Å². The highest BCUT2D eigenvalue weighted by molar-refractivity contribution is 5.78. The van der Waals surface area contributed by atoms with E-state index in [-0.39, 0.29) is 17.6 Å². The number of nitrogens with zero attached hydrogens (tertiary/aromatic N) is 2. The molecule has 2 aromatic rings. The zero-order valence-corrected chi connectivity index (χ0v) is 15.6. The number of hydroxylamine groups is 1. The van der Waals surface area contributed by atoms with E-state index in [1.54, 1.807) is 6.07 Å². The van der Waals surface area contributed by atoms with Crippen LogP contribution in [-0.2, 0) is 5.21 Å². The lowest BCUT2D eigenvalue weighted by molar-refractivity contribution is -0.275. The fraction of sp³-hybridized carbons (Fsp3) is 0.333. The topological polar surface area (TPSA) is 44.8 Å². The van der Waals surface area contributed by atoms with E-state index in [1.807, 2.05) is 30.3 Å². The van der Waals surface area contributed by atoms with Gasteiger partial charge in [-0.05, 0) is 24.3 Å². The Bertz CT molecular complexity index is 893. The van der Waals surface area contributed by atoms with Gasteiger partial charge in [0.1, 0.15) is 6.10 Å². The van der Waals surface area contributed by atoms with Crippen LogP contribution in [0.3, 0.4) is 0 Å². The smallest absolute Gasteiger partial charge is 0.486 e. The molecule has 1 radical (unpaired) electrons. The zero-order valence-electron chi connectivity index (χ0n) is 15.6. The number of hydrogen-bond acceptors (Lipinski definition) is 4. The molecule has 2 aromatic carbocycles. The maximum atomic E-state index is 12.6. The van der Waals surface area contributed by atoms with Crippen molar-refractivity contribution in [1.82, 2.24) is 4.90 Å². The van der Waals surface area contributed by atoms with Crippen LogP contribution in [0.15, 0.2) is 54.6 Å². The van der Waals surface area contributed by atoms with Crippen molar-refractivity contribution in [2.45, 2.75) is 25.3 Å². The minimum atomic E-state index is -4.76. The molecule has 153 valence electrons. The molecule has 0 unspecified atom stereocenters. The highest BCUT2D eigenvalue weighted by Crippen LogP contribution is 2.36. The molecule has 0 aromatic heterocycles. The molecule has 2 aliphatic heterocycles. The van der Waals surface area contributed by atoms with E-state index < -0.39 is 6.36 Å². The van der Waals surface area contributed by atoms with Crippen molar-refractivity contribution in [3.05, 3.63) is 60.2 Å². The van der Waals surface area contributed by atoms with E-state index in [0.29, 0.717) is 38.2 Å². The van der Waals surface area contributed by atoms with E-state index in [9.17, 15) is 18.4 Å². The minimum Gasteiger partial charge on any atom is -0.486 e. The zero-order chi connectivity index (χ0) is 20.4. The Morgan fingerprint density at radius 3 is 2.31 bits per heavy atom. The highest BCUT2D eigenvalue weighted by atomic mass is 19.4. The van der Waals surface area contributed by atoms with Gasteiger partial charge in [-0.1, -0.05) is 35.5 Å². The summed E-state index contributed by atoms with van der Waals surface area (Å²) in [6.07, 6.45) is -1.75. The van der Waals surface area contributed by atoms with Crippen LogP contribution < -0.4 is 14.5 Å². The van der Waals surface area contributed by atoms with Crippen LogP contribution >= 0.6 is 0 Å². The number of ether oxygens (including phenoxy) is 2. The molecule has 8 heteroatoms. The normalized spacial score (nSPS) is 17.6. The Balaban J connectivity index is 1.41. The molecule has 0 N–H and O–H groups in total. The Hall–Kier alpha value is -2.87. The number of benzene rings is 2. The molecule has 0 spiro atoms. The van der Waals surface area contributed by atoms with E-state index in [2.05, 4.69) is 9.64 Å². The van der Waals surface area contributed by atoms with Crippen molar-refractivity contribution in [2.24, 2.45) is 0 Å². The van der Waals surface area contributed by atoms with Gasteiger partial charge in [-0.2, -0.15) is 0 Å². The third-order valence-electron chi connectivity index (χ3n) is 5.05. The van der Waals surface area contributed by atoms with Crippen LogP contribution in [0.2, 0.25) is 0 Å². The average molecular weight is 405 g/mol. The van der Waals surface area contributed by atoms with Crippen molar-refractivity contribution >= 4 is 11.4 Å². The van der Waals surface area contributed by atoms with E-state index in [4.69, 9.17) is 4.74 Å². The van der Waals surface area contributed by atoms with Crippen molar-refractivity contribution in [1.29, 1.82) is 0 Å². The van der Waals surface area contributed by atoms with Crippen LogP contribution in [0, 0.1) is 0 Å². The summed E-state index contributed by atoms with van der Waals surface area (Å²) in [7, 11) is 0. The van der Waals surface area contributed by atoms with Crippen molar-refractivity contribution in [2.75, 3.05) is 24.7 Å². The first kappa shape index (κ1) is 19.4. The SMILES string of the molecule is [O]N1CC=C(N2CCC(Oc3ccccc3OC(F)(F)F)CC2)c2ccccc21. The summed E-state index contributed by atoms with van der Waals surface area (Å²) in [4.78, 5) is 2.20. The first-order valence-corrected chi connectivity index (χ1v) is 9.41. The Kier molecular flexibility index (Phi) is 5.27. The standard InChI is InChI=1S/C21H20F3N2O3/c22-21(23,24)29-20-8-4-3-7-19(20)28-15-9-12-25(13-10-15)17-11-14-26(27)18-6-2-1-5-16(17)18/h1-8,11,15H,9-10,12-14H2. The fourth-order valence-electron chi connectivity index (χ4n) is 3.74. The van der Waals surface area contributed by atoms with Gasteiger partial charge in [-0.15, -0.1) is 13.2 Å². The first-order valence-electron chi connectivity index (χ1n) is 9.41. The summed E-state index contributed by atoms with van der Waals surface area (Å²) < 4.78 is 47.7. The van der Waals surface area contributed by atoms with Gasteiger partial charge in [0.05, 0.1) is 12.2 Å². The van der Waals surface area contributed by atoms with Gasteiger partial charge >= 0.3 is 6.36 Å². The maximum absolute atomic E-state index is 12.6. The second kappa shape index (κ2) is 7.87. The van der Waals surface area contributed by atoms with Crippen LogP contribution in [0.5, 0.6) is 11.5 Å². The molecule has 2 aliphatic rings. The molecule has 0 amide bonds. The van der Waals surface area contributed by atoms with Crippen LogP contribution in [-0.4, -0.2) is 37.0 Å². The number of rotatable bonds is 4. The summed E-state index contributed by atoms with van der Waals surface area (Å²) in [6, 6.07) is 13.3. The lowest BCUT2D eigenvalue weighted by Gasteiger charge is -2.37. The molecule has 5 nitrogen and oxygen atoms in total. The number of para-hydroxylation sites is 3. The molecule has 0 atom stereocenters. The molecular formula is C21H20F3N2O3. The van der Waals surface area contributed by atoms with E-state index in [0.717, 1.165) is 16.3 Å². The Morgan fingerprint density at radius 1 is 0.931 bits per heavy atom. The molecule has 1 fully saturated rings. The predicted octanol–water partition coefficient (Wildman–Crippen LogP) is 4.64. The van der Waals surface area contributed by atoms with Gasteiger partial charge in [0.15, 0.2) is 11.5 Å². The molecule has 1 saturated heterocycles. The number of alkyl halides is 3. The lowest BCUT2D eigenvalue weighted by Crippen LogP contribution is -2.38. The van der Waals surface area contributed by atoms with Gasteiger partial charge in [-0.3, -0.25) is 0 Å². The number of fused-ring (bicyclic) bond motifs is 1. The van der Waals surface area contributed by atoms with Gasteiger partial charge in [0.25, 0.3) is 0 Å². The van der Waals surface area contributed by atoms with Crippen LogP contribution in [0.25, 0.3) is 5.70 Å². The number of anilines is 1. The minimum absolute atomic E-state index is 0.0903. The highest BCUT2D eigenvalue weighted by Gasteiger charge is 2.33. The van der Waals surface area contributed by atoms with Gasteiger partial charge in [0, 0.05) is 37.2 Å². The quantitative estimate of drug-likeness (QED) is 0.744. The maximum Gasteiger partial charge on any atom is 0.573 e. The van der Waals surface area contributed by atoms with E-state index in [1.165, 1.54) is 18.2 Å². The monoisotopic (exact) mass is 405 g/mol. The summed E-state index contributed by atoms with van der Waals surface area (Å²) in [5, 5.41) is 13.0. The largest absolute Gasteiger partial charge is 0.573 e. The van der Waals surface area contributed by atoms with Gasteiger partial charge in [0.2, 0.25) is 0 Å². The Morgan fingerprint density at radius 2 is 1.59 bits per heavy atom. The van der Waals surface area contributed by atoms with Crippen LogP contribution in [0.4, 0.5) is 18.9 Å². The summed E-state index contributed by atoms with van der Waals surface area (Å²) >= 11 is 0. The summed E-state index contributed by atoms with van der Waals surface area (Å²) in [5.41, 5.74) is 2.57. The lowest BCUT2D eigenvalue weighted by atomic mass is 10.0. The number of piperidine rings is 1. The average Bonchev–Trinajstić information content (AvgIpc) is 2.70. The molecule has 2 heterocycles. The van der Waals surface area contributed by atoms with E-state index >= 15 is 0 Å². The molecule has 0 bridgehead atoms. The van der Waals surface area contributed by atoms with Crippen molar-refractivity contribution in [3.63, 3.8) is 0 Å². The molecule has 4 rings (SSSR count). The third-order valence-corrected chi connectivity index (χ3v) is 5.05. The van der Waals surface area contributed by atoms with Gasteiger partial charge in [-0.25, -0.2) is 5.06 Å². The summed E-state index contributed by atoms with van der Waals surface area (Å²) in [6.45, 7) is 1.67. The third kappa shape index (κ3) is 4.42. The fourth-order valence-corrected chi connectivity index (χ4v) is 3.74.